The Morgan fingerprint density at radius 1 is 1.10 bits per heavy atom. The summed E-state index contributed by atoms with van der Waals surface area (Å²) < 4.78 is 6.73. The summed E-state index contributed by atoms with van der Waals surface area (Å²) in [7, 11) is 0. The van der Waals surface area contributed by atoms with Crippen molar-refractivity contribution >= 4 is 15.9 Å². The van der Waals surface area contributed by atoms with Crippen molar-refractivity contribution in [1.29, 1.82) is 0 Å². The number of aliphatic hydroxyl groups is 1. The van der Waals surface area contributed by atoms with Gasteiger partial charge in [-0.05, 0) is 35.2 Å². The number of ether oxygens (including phenoxy) is 1. The SMILES string of the molecule is CC(C)c1ccc(COc2ccc(Br)cc2CO)cc1. The van der Waals surface area contributed by atoms with Gasteiger partial charge in [0.1, 0.15) is 12.4 Å². The molecule has 2 aromatic rings. The molecule has 0 aliphatic heterocycles. The molecular formula is C17H19BrO2. The Kier molecular flexibility index (Phi) is 5.21. The lowest BCUT2D eigenvalue weighted by atomic mass is 10.0. The zero-order valence-electron chi connectivity index (χ0n) is 11.8. The van der Waals surface area contributed by atoms with E-state index in [9.17, 15) is 5.11 Å². The molecule has 3 heteroatoms. The molecule has 0 fully saturated rings. The molecule has 0 atom stereocenters. The van der Waals surface area contributed by atoms with Crippen LogP contribution in [-0.2, 0) is 13.2 Å². The Balaban J connectivity index is 2.05. The first kappa shape index (κ1) is 15.1. The predicted molar refractivity (Wildman–Crippen MR) is 84.9 cm³/mol. The molecule has 0 bridgehead atoms. The maximum absolute atomic E-state index is 9.34. The molecule has 1 N–H and O–H groups in total. The second kappa shape index (κ2) is 6.91. The molecule has 0 saturated heterocycles. The van der Waals surface area contributed by atoms with Gasteiger partial charge in [0.15, 0.2) is 0 Å². The number of halogens is 1. The lowest BCUT2D eigenvalue weighted by Gasteiger charge is -2.11. The molecule has 2 aromatic carbocycles. The largest absolute Gasteiger partial charge is 0.489 e. The fourth-order valence-electron chi connectivity index (χ4n) is 1.97. The van der Waals surface area contributed by atoms with Crippen LogP contribution in [0.3, 0.4) is 0 Å². The van der Waals surface area contributed by atoms with E-state index in [1.54, 1.807) is 0 Å². The van der Waals surface area contributed by atoms with E-state index in [4.69, 9.17) is 4.74 Å². The highest BCUT2D eigenvalue weighted by atomic mass is 79.9. The molecule has 0 heterocycles. The van der Waals surface area contributed by atoms with Gasteiger partial charge in [-0.3, -0.25) is 0 Å². The smallest absolute Gasteiger partial charge is 0.125 e. The summed E-state index contributed by atoms with van der Waals surface area (Å²) in [5.74, 6) is 1.26. The normalized spacial score (nSPS) is 10.8. The van der Waals surface area contributed by atoms with Gasteiger partial charge in [-0.2, -0.15) is 0 Å². The first-order chi connectivity index (χ1) is 9.60. The van der Waals surface area contributed by atoms with Crippen LogP contribution in [0.5, 0.6) is 5.75 Å². The third kappa shape index (κ3) is 3.84. The van der Waals surface area contributed by atoms with Gasteiger partial charge in [0.05, 0.1) is 6.61 Å². The van der Waals surface area contributed by atoms with Gasteiger partial charge in [-0.1, -0.05) is 54.0 Å². The summed E-state index contributed by atoms with van der Waals surface area (Å²) >= 11 is 3.39. The van der Waals surface area contributed by atoms with Gasteiger partial charge in [0.25, 0.3) is 0 Å². The Morgan fingerprint density at radius 3 is 2.40 bits per heavy atom. The highest BCUT2D eigenvalue weighted by Crippen LogP contribution is 2.24. The summed E-state index contributed by atoms with van der Waals surface area (Å²) in [4.78, 5) is 0. The van der Waals surface area contributed by atoms with Gasteiger partial charge < -0.3 is 9.84 Å². The number of aliphatic hydroxyl groups excluding tert-OH is 1. The highest BCUT2D eigenvalue weighted by molar-refractivity contribution is 9.10. The summed E-state index contributed by atoms with van der Waals surface area (Å²) in [5.41, 5.74) is 3.24. The molecule has 2 rings (SSSR count). The zero-order valence-corrected chi connectivity index (χ0v) is 13.4. The average Bonchev–Trinajstić information content (AvgIpc) is 2.46. The molecule has 0 amide bonds. The van der Waals surface area contributed by atoms with Gasteiger partial charge in [0, 0.05) is 10.0 Å². The van der Waals surface area contributed by atoms with Crippen LogP contribution >= 0.6 is 15.9 Å². The lowest BCUT2D eigenvalue weighted by molar-refractivity contribution is 0.259. The van der Waals surface area contributed by atoms with Gasteiger partial charge >= 0.3 is 0 Å². The van der Waals surface area contributed by atoms with Crippen LogP contribution in [0, 0.1) is 0 Å². The number of hydrogen-bond donors (Lipinski definition) is 1. The van der Waals surface area contributed by atoms with E-state index in [-0.39, 0.29) is 6.61 Å². The number of benzene rings is 2. The summed E-state index contributed by atoms with van der Waals surface area (Å²) in [6.45, 7) is 4.84. The minimum Gasteiger partial charge on any atom is -0.489 e. The minimum absolute atomic E-state index is 0.0267. The van der Waals surface area contributed by atoms with Gasteiger partial charge in [-0.25, -0.2) is 0 Å². The third-order valence-electron chi connectivity index (χ3n) is 3.23. The Labute approximate surface area is 128 Å². The van der Waals surface area contributed by atoms with Crippen LogP contribution in [0.25, 0.3) is 0 Å². The van der Waals surface area contributed by atoms with E-state index in [2.05, 4.69) is 54.0 Å². The Hall–Kier alpha value is -1.32. The quantitative estimate of drug-likeness (QED) is 0.862. The topological polar surface area (TPSA) is 29.5 Å². The molecule has 0 radical (unpaired) electrons. The highest BCUT2D eigenvalue weighted by Gasteiger charge is 2.05. The fourth-order valence-corrected chi connectivity index (χ4v) is 2.38. The van der Waals surface area contributed by atoms with Crippen molar-refractivity contribution < 1.29 is 9.84 Å². The van der Waals surface area contributed by atoms with E-state index in [1.165, 1.54) is 5.56 Å². The second-order valence-corrected chi connectivity index (χ2v) is 6.01. The zero-order chi connectivity index (χ0) is 14.5. The first-order valence-electron chi connectivity index (χ1n) is 6.71. The van der Waals surface area contributed by atoms with E-state index < -0.39 is 0 Å². The molecule has 0 unspecified atom stereocenters. The van der Waals surface area contributed by atoms with Crippen LogP contribution < -0.4 is 4.74 Å². The van der Waals surface area contributed by atoms with Crippen LogP contribution in [0.1, 0.15) is 36.5 Å². The lowest BCUT2D eigenvalue weighted by Crippen LogP contribution is -1.99. The van der Waals surface area contributed by atoms with Crippen molar-refractivity contribution in [3.8, 4) is 5.75 Å². The van der Waals surface area contributed by atoms with Gasteiger partial charge in [0.2, 0.25) is 0 Å². The average molecular weight is 335 g/mol. The van der Waals surface area contributed by atoms with Crippen LogP contribution in [-0.4, -0.2) is 5.11 Å². The van der Waals surface area contributed by atoms with E-state index in [1.807, 2.05) is 18.2 Å². The van der Waals surface area contributed by atoms with E-state index in [0.29, 0.717) is 12.5 Å². The maximum atomic E-state index is 9.34. The summed E-state index contributed by atoms with van der Waals surface area (Å²) in [6, 6.07) is 14.1. The molecule has 0 aliphatic carbocycles. The third-order valence-corrected chi connectivity index (χ3v) is 3.73. The monoisotopic (exact) mass is 334 g/mol. The van der Waals surface area contributed by atoms with Crippen LogP contribution in [0.2, 0.25) is 0 Å². The number of hydrogen-bond acceptors (Lipinski definition) is 2. The molecule has 106 valence electrons. The molecule has 0 aromatic heterocycles. The van der Waals surface area contributed by atoms with Crippen molar-refractivity contribution in [2.75, 3.05) is 0 Å². The molecule has 20 heavy (non-hydrogen) atoms. The molecule has 0 aliphatic rings. The molecular weight excluding hydrogens is 316 g/mol. The van der Waals surface area contributed by atoms with Crippen LogP contribution in [0.4, 0.5) is 0 Å². The minimum atomic E-state index is -0.0267. The van der Waals surface area contributed by atoms with Crippen molar-refractivity contribution in [1.82, 2.24) is 0 Å². The van der Waals surface area contributed by atoms with E-state index in [0.717, 1.165) is 21.3 Å². The maximum Gasteiger partial charge on any atom is 0.125 e. The van der Waals surface area contributed by atoms with Gasteiger partial charge in [-0.15, -0.1) is 0 Å². The first-order valence-corrected chi connectivity index (χ1v) is 7.50. The van der Waals surface area contributed by atoms with Crippen molar-refractivity contribution in [2.45, 2.75) is 33.0 Å². The van der Waals surface area contributed by atoms with Crippen molar-refractivity contribution in [3.05, 3.63) is 63.6 Å². The summed E-state index contributed by atoms with van der Waals surface area (Å²) in [6.07, 6.45) is 0. The molecule has 0 spiro atoms. The van der Waals surface area contributed by atoms with Crippen molar-refractivity contribution in [2.24, 2.45) is 0 Å². The summed E-state index contributed by atoms with van der Waals surface area (Å²) in [5, 5.41) is 9.34. The predicted octanol–water partition coefficient (Wildman–Crippen LogP) is 4.64. The van der Waals surface area contributed by atoms with E-state index >= 15 is 0 Å². The molecule has 0 saturated carbocycles. The molecule has 2 nitrogen and oxygen atoms in total. The second-order valence-electron chi connectivity index (χ2n) is 5.10. The van der Waals surface area contributed by atoms with Crippen LogP contribution in [0.15, 0.2) is 46.9 Å². The number of rotatable bonds is 5. The fraction of sp³-hybridized carbons (Fsp3) is 0.294. The Morgan fingerprint density at radius 2 is 1.80 bits per heavy atom. The Bertz CT molecular complexity index is 562. The standard InChI is InChI=1S/C17H19BrO2/c1-12(2)14-5-3-13(4-6-14)11-20-17-8-7-16(18)9-15(17)10-19/h3-9,12,19H,10-11H2,1-2H3. The van der Waals surface area contributed by atoms with Crippen molar-refractivity contribution in [3.63, 3.8) is 0 Å².